The fourth-order valence-corrected chi connectivity index (χ4v) is 7.21. The molecule has 4 aliphatic carbocycles. The summed E-state index contributed by atoms with van der Waals surface area (Å²) in [7, 11) is 0. The van der Waals surface area contributed by atoms with Crippen LogP contribution in [0.25, 0.3) is 22.2 Å². The molecule has 4 saturated carbocycles. The minimum Gasteiger partial charge on any atom is -0.493 e. The minimum absolute atomic E-state index is 0.117. The fourth-order valence-electron chi connectivity index (χ4n) is 6.67. The van der Waals surface area contributed by atoms with E-state index in [4.69, 9.17) is 37.2 Å². The second-order valence-corrected chi connectivity index (χ2v) is 12.7. The molecule has 8 rings (SSSR count). The molecule has 6 nitrogen and oxygen atoms in total. The number of aromatic nitrogens is 3. The Kier molecular flexibility index (Phi) is 6.76. The van der Waals surface area contributed by atoms with Crippen molar-refractivity contribution in [2.45, 2.75) is 82.8 Å². The van der Waals surface area contributed by atoms with Crippen LogP contribution in [0.1, 0.15) is 81.1 Å². The van der Waals surface area contributed by atoms with Crippen molar-refractivity contribution in [3.63, 3.8) is 0 Å². The van der Waals surface area contributed by atoms with Crippen molar-refractivity contribution in [3.8, 4) is 17.0 Å². The van der Waals surface area contributed by atoms with E-state index in [0.29, 0.717) is 33.8 Å². The first-order valence-corrected chi connectivity index (χ1v) is 15.2. The van der Waals surface area contributed by atoms with Gasteiger partial charge in [0.15, 0.2) is 0 Å². The quantitative estimate of drug-likeness (QED) is 0.198. The van der Waals surface area contributed by atoms with Gasteiger partial charge < -0.3 is 14.0 Å². The van der Waals surface area contributed by atoms with Crippen LogP contribution < -0.4 is 4.74 Å². The molecule has 0 amide bonds. The van der Waals surface area contributed by atoms with Gasteiger partial charge >= 0.3 is 0 Å². The molecule has 208 valence electrons. The summed E-state index contributed by atoms with van der Waals surface area (Å²) in [6, 6.07) is 8.39. The van der Waals surface area contributed by atoms with Crippen LogP contribution in [0.15, 0.2) is 47.4 Å². The van der Waals surface area contributed by atoms with E-state index in [2.05, 4.69) is 46.3 Å². The Labute approximate surface area is 244 Å². The number of fused-ring (bicyclic) bond motifs is 4. The van der Waals surface area contributed by atoms with Crippen LogP contribution in [-0.2, 0) is 17.8 Å². The highest BCUT2D eigenvalue weighted by molar-refractivity contribution is 6.38. The molecule has 0 atom stereocenters. The second kappa shape index (κ2) is 10.3. The van der Waals surface area contributed by atoms with Gasteiger partial charge in [0.05, 0.1) is 34.4 Å². The molecule has 0 radical (unpaired) electrons. The van der Waals surface area contributed by atoms with E-state index < -0.39 is 0 Å². The largest absolute Gasteiger partial charge is 0.493 e. The van der Waals surface area contributed by atoms with Gasteiger partial charge in [0.2, 0.25) is 0 Å². The predicted molar refractivity (Wildman–Crippen MR) is 156 cm³/mol. The normalized spacial score (nSPS) is 24.1. The Morgan fingerprint density at radius 3 is 2.45 bits per heavy atom. The van der Waals surface area contributed by atoms with Crippen LogP contribution in [0.3, 0.4) is 0 Å². The van der Waals surface area contributed by atoms with Gasteiger partial charge in [0.25, 0.3) is 0 Å². The molecule has 0 aliphatic heterocycles. The molecule has 4 aliphatic rings. The van der Waals surface area contributed by atoms with E-state index in [9.17, 15) is 0 Å². The Morgan fingerprint density at radius 2 is 1.75 bits per heavy atom. The Morgan fingerprint density at radius 1 is 1.00 bits per heavy atom. The number of pyridine rings is 2. The molecule has 4 aromatic rings. The van der Waals surface area contributed by atoms with E-state index >= 15 is 0 Å². The van der Waals surface area contributed by atoms with Gasteiger partial charge in [-0.2, -0.15) is 0 Å². The lowest BCUT2D eigenvalue weighted by Crippen LogP contribution is -2.49. The average molecular weight is 579 g/mol. The zero-order valence-corrected chi connectivity index (χ0v) is 24.2. The molecular formula is C32H33Cl2N3O3. The maximum Gasteiger partial charge on any atom is 0.145 e. The third kappa shape index (κ3) is 4.78. The molecular weight excluding hydrogens is 545 g/mol. The topological polar surface area (TPSA) is 70.3 Å². The number of ether oxygens (including phenoxy) is 2. The summed E-state index contributed by atoms with van der Waals surface area (Å²) in [5.74, 6) is 2.25. The number of hydrogen-bond donors (Lipinski definition) is 0. The van der Waals surface area contributed by atoms with Crippen LogP contribution >= 0.6 is 23.2 Å². The number of halogens is 2. The van der Waals surface area contributed by atoms with Crippen molar-refractivity contribution in [2.75, 3.05) is 6.61 Å². The monoisotopic (exact) mass is 577 g/mol. The molecule has 40 heavy (non-hydrogen) atoms. The fraction of sp³-hybridized carbons (Fsp3) is 0.469. The molecule has 0 spiro atoms. The first-order valence-electron chi connectivity index (χ1n) is 14.4. The Bertz CT molecular complexity index is 1520. The second-order valence-electron chi connectivity index (χ2n) is 11.9. The molecule has 0 N–H and O–H groups in total. The highest BCUT2D eigenvalue weighted by atomic mass is 35.5. The van der Waals surface area contributed by atoms with Gasteiger partial charge in [-0.15, -0.1) is 0 Å². The number of aryl methyl sites for hydroxylation is 1. The summed E-state index contributed by atoms with van der Waals surface area (Å²) in [6.07, 6.45) is 14.7. The van der Waals surface area contributed by atoms with E-state index in [1.807, 2.05) is 6.20 Å². The lowest BCUT2D eigenvalue weighted by Gasteiger charge is -2.52. The summed E-state index contributed by atoms with van der Waals surface area (Å²) in [5, 5.41) is 6.54. The summed E-state index contributed by atoms with van der Waals surface area (Å²) < 4.78 is 19.1. The van der Waals surface area contributed by atoms with Crippen molar-refractivity contribution in [1.29, 1.82) is 0 Å². The smallest absolute Gasteiger partial charge is 0.145 e. The van der Waals surface area contributed by atoms with Gasteiger partial charge in [-0.3, -0.25) is 9.97 Å². The summed E-state index contributed by atoms with van der Waals surface area (Å²) in [6.45, 7) is 3.38. The number of rotatable bonds is 9. The van der Waals surface area contributed by atoms with E-state index in [-0.39, 0.29) is 11.0 Å². The third-order valence-electron chi connectivity index (χ3n) is 9.44. The van der Waals surface area contributed by atoms with Gasteiger partial charge in [0, 0.05) is 46.4 Å². The van der Waals surface area contributed by atoms with Crippen LogP contribution in [0, 0.1) is 5.41 Å². The van der Waals surface area contributed by atoms with Crippen LogP contribution in [0.5, 0.6) is 5.75 Å². The summed E-state index contributed by atoms with van der Waals surface area (Å²) in [4.78, 5) is 8.61. The predicted octanol–water partition coefficient (Wildman–Crippen LogP) is 8.72. The van der Waals surface area contributed by atoms with Gasteiger partial charge in [-0.25, -0.2) is 0 Å². The Balaban J connectivity index is 1.04. The summed E-state index contributed by atoms with van der Waals surface area (Å²) >= 11 is 13.0. The molecule has 0 saturated heterocycles. The van der Waals surface area contributed by atoms with Crippen LogP contribution in [0.4, 0.5) is 0 Å². The van der Waals surface area contributed by atoms with Crippen molar-refractivity contribution in [3.05, 3.63) is 69.8 Å². The van der Waals surface area contributed by atoms with Crippen molar-refractivity contribution in [1.82, 2.24) is 15.1 Å². The van der Waals surface area contributed by atoms with E-state index in [0.717, 1.165) is 87.0 Å². The van der Waals surface area contributed by atoms with E-state index in [1.165, 1.54) is 10.9 Å². The maximum atomic E-state index is 6.79. The lowest BCUT2D eigenvalue weighted by atomic mass is 9.59. The van der Waals surface area contributed by atoms with Gasteiger partial charge in [0.1, 0.15) is 17.2 Å². The lowest BCUT2D eigenvalue weighted by molar-refractivity contribution is -0.150. The highest BCUT2D eigenvalue weighted by Crippen LogP contribution is 2.55. The summed E-state index contributed by atoms with van der Waals surface area (Å²) in [5.41, 5.74) is 4.76. The molecule has 8 heteroatoms. The minimum atomic E-state index is -0.117. The first kappa shape index (κ1) is 26.2. The average Bonchev–Trinajstić information content (AvgIpc) is 3.75. The van der Waals surface area contributed by atoms with E-state index in [1.54, 1.807) is 12.4 Å². The molecule has 1 aromatic carbocycles. The van der Waals surface area contributed by atoms with Gasteiger partial charge in [-0.05, 0) is 87.6 Å². The number of nitrogens with zero attached hydrogens (tertiary/aromatic N) is 3. The van der Waals surface area contributed by atoms with Crippen LogP contribution in [0.2, 0.25) is 10.0 Å². The molecule has 3 aromatic heterocycles. The zero-order valence-electron chi connectivity index (χ0n) is 22.7. The maximum absolute atomic E-state index is 6.79. The van der Waals surface area contributed by atoms with Crippen molar-refractivity contribution in [2.24, 2.45) is 5.41 Å². The number of hydrogen-bond acceptors (Lipinski definition) is 6. The van der Waals surface area contributed by atoms with Crippen molar-refractivity contribution < 1.29 is 14.0 Å². The van der Waals surface area contributed by atoms with Gasteiger partial charge in [-0.1, -0.05) is 35.3 Å². The SMILES string of the molecule is CCc1ccnc2ccc(OCC34CCC(OCc5c(-c6c(Cl)cncc6Cl)noc5C5CC5)(CC3)CC4)cc12. The highest BCUT2D eigenvalue weighted by Gasteiger charge is 2.50. The third-order valence-corrected chi connectivity index (χ3v) is 10.0. The molecule has 3 heterocycles. The molecule has 2 bridgehead atoms. The van der Waals surface area contributed by atoms with Crippen molar-refractivity contribution >= 4 is 34.1 Å². The number of benzene rings is 1. The standard InChI is InChI=1S/C32H33Cl2N3O3/c1-2-20-7-14-36-27-6-5-22(15-23(20)27)38-19-31-8-11-32(12-9-31,13-10-31)39-18-24-29(37-40-30(24)21-3-4-21)28-25(33)16-35-17-26(28)34/h5-7,14-17,21H,2-4,8-13,18-19H2,1H3. The molecule has 4 fully saturated rings. The first-order chi connectivity index (χ1) is 19.5. The molecule has 0 unspecified atom stereocenters. The Hall–Kier alpha value is -2.67. The zero-order chi connectivity index (χ0) is 27.3. The van der Waals surface area contributed by atoms with Crippen LogP contribution in [-0.4, -0.2) is 27.3 Å².